The number of aromatic nitrogens is 5. The lowest BCUT2D eigenvalue weighted by Gasteiger charge is -2.24. The van der Waals surface area contributed by atoms with E-state index >= 15 is 0 Å². The van der Waals surface area contributed by atoms with Crippen molar-refractivity contribution in [2.75, 3.05) is 31.4 Å². The van der Waals surface area contributed by atoms with Crippen LogP contribution < -0.4 is 20.1 Å². The van der Waals surface area contributed by atoms with Gasteiger partial charge in [-0.1, -0.05) is 12.0 Å². The second kappa shape index (κ2) is 10.5. The van der Waals surface area contributed by atoms with Crippen molar-refractivity contribution in [2.45, 2.75) is 6.92 Å². The third-order valence-electron chi connectivity index (χ3n) is 6.08. The van der Waals surface area contributed by atoms with Crippen LogP contribution in [0, 0.1) is 18.8 Å². The molecule has 0 fully saturated rings. The minimum Gasteiger partial charge on any atom is -0.497 e. The molecule has 0 radical (unpaired) electrons. The highest BCUT2D eigenvalue weighted by molar-refractivity contribution is 5.83. The Hall–Kier alpha value is -5.10. The quantitative estimate of drug-likeness (QED) is 0.336. The Bertz CT molecular complexity index is 1660. The van der Waals surface area contributed by atoms with Crippen molar-refractivity contribution in [1.29, 1.82) is 0 Å². The minimum atomic E-state index is 0.368. The molecule has 38 heavy (non-hydrogen) atoms. The molecule has 3 aromatic heterocycles. The van der Waals surface area contributed by atoms with Gasteiger partial charge in [0, 0.05) is 48.4 Å². The fraction of sp³-hybridized carbons (Fsp3) is 0.172. The van der Waals surface area contributed by atoms with Crippen molar-refractivity contribution in [3.8, 4) is 34.6 Å². The van der Waals surface area contributed by atoms with Crippen LogP contribution in [0.15, 0.2) is 67.1 Å². The van der Waals surface area contributed by atoms with Crippen molar-refractivity contribution in [1.82, 2.24) is 24.7 Å². The summed E-state index contributed by atoms with van der Waals surface area (Å²) in [5.41, 5.74) is 12.4. The molecule has 0 spiro atoms. The van der Waals surface area contributed by atoms with Crippen LogP contribution in [0.2, 0.25) is 0 Å². The number of aryl methyl sites for hydroxylation is 2. The van der Waals surface area contributed by atoms with Crippen molar-refractivity contribution < 1.29 is 9.47 Å². The molecule has 190 valence electrons. The molecule has 0 unspecified atom stereocenters. The van der Waals surface area contributed by atoms with Crippen molar-refractivity contribution in [2.24, 2.45) is 7.05 Å². The van der Waals surface area contributed by atoms with E-state index in [0.717, 1.165) is 39.2 Å². The van der Waals surface area contributed by atoms with Gasteiger partial charge >= 0.3 is 0 Å². The highest BCUT2D eigenvalue weighted by atomic mass is 16.5. The summed E-state index contributed by atoms with van der Waals surface area (Å²) in [6.45, 7) is 2.28. The Balaban J connectivity index is 1.57. The van der Waals surface area contributed by atoms with Crippen LogP contribution in [0.4, 0.5) is 17.2 Å². The molecule has 0 aliphatic carbocycles. The predicted octanol–water partition coefficient (Wildman–Crippen LogP) is 4.52. The minimum absolute atomic E-state index is 0.368. The van der Waals surface area contributed by atoms with Gasteiger partial charge in [0.25, 0.3) is 0 Å². The summed E-state index contributed by atoms with van der Waals surface area (Å²) in [7, 11) is 5.13. The topological polar surface area (TPSA) is 104 Å². The van der Waals surface area contributed by atoms with E-state index in [1.54, 1.807) is 31.3 Å². The van der Waals surface area contributed by atoms with E-state index in [9.17, 15) is 0 Å². The summed E-state index contributed by atoms with van der Waals surface area (Å²) in [5.74, 6) is 8.18. The molecule has 0 aliphatic heterocycles. The van der Waals surface area contributed by atoms with Crippen LogP contribution >= 0.6 is 0 Å². The molecule has 0 saturated heterocycles. The van der Waals surface area contributed by atoms with Gasteiger partial charge in [-0.3, -0.25) is 9.67 Å². The van der Waals surface area contributed by atoms with Gasteiger partial charge in [-0.25, -0.2) is 9.97 Å². The zero-order valence-corrected chi connectivity index (χ0v) is 21.6. The number of fused-ring (bicyclic) bond motifs is 1. The molecule has 0 amide bonds. The first-order chi connectivity index (χ1) is 18.4. The first-order valence-electron chi connectivity index (χ1n) is 11.9. The molecule has 0 saturated carbocycles. The third kappa shape index (κ3) is 5.20. The first kappa shape index (κ1) is 24.6. The number of nitrogen functional groups attached to an aromatic ring is 1. The number of ether oxygens (including phenoxy) is 2. The molecule has 5 aromatic rings. The molecular weight excluding hydrogens is 478 g/mol. The fourth-order valence-corrected chi connectivity index (χ4v) is 3.96. The number of hydrogen-bond donors (Lipinski definition) is 1. The van der Waals surface area contributed by atoms with E-state index in [4.69, 9.17) is 20.2 Å². The summed E-state index contributed by atoms with van der Waals surface area (Å²) in [5, 5.41) is 4.25. The van der Waals surface area contributed by atoms with Crippen LogP contribution in [0.25, 0.3) is 22.3 Å². The lowest BCUT2D eigenvalue weighted by molar-refractivity contribution is 0.394. The van der Waals surface area contributed by atoms with Crippen LogP contribution in [-0.4, -0.2) is 45.5 Å². The lowest BCUT2D eigenvalue weighted by Crippen LogP contribution is -2.17. The molecular formula is C29H27N7O2. The number of nitrogens with two attached hydrogens (primary N) is 1. The van der Waals surface area contributed by atoms with Gasteiger partial charge < -0.3 is 20.1 Å². The summed E-state index contributed by atoms with van der Waals surface area (Å²) < 4.78 is 12.8. The number of nitrogens with zero attached hydrogens (tertiary/aromatic N) is 6. The lowest BCUT2D eigenvalue weighted by atomic mass is 10.2. The largest absolute Gasteiger partial charge is 0.497 e. The van der Waals surface area contributed by atoms with Gasteiger partial charge in [0.2, 0.25) is 0 Å². The van der Waals surface area contributed by atoms with Gasteiger partial charge in [0.15, 0.2) is 0 Å². The Kier molecular flexibility index (Phi) is 6.78. The number of anilines is 3. The zero-order chi connectivity index (χ0) is 26.6. The highest BCUT2D eigenvalue weighted by Crippen LogP contribution is 2.34. The number of benzene rings is 2. The molecule has 9 nitrogen and oxygen atoms in total. The van der Waals surface area contributed by atoms with Gasteiger partial charge in [0.05, 0.1) is 49.9 Å². The molecule has 5 rings (SSSR count). The average Bonchev–Trinajstić information content (AvgIpc) is 3.38. The number of methoxy groups -OCH3 is 2. The summed E-state index contributed by atoms with van der Waals surface area (Å²) >= 11 is 0. The van der Waals surface area contributed by atoms with Crippen molar-refractivity contribution >= 4 is 28.2 Å². The maximum atomic E-state index is 5.97. The Morgan fingerprint density at radius 1 is 0.921 bits per heavy atom. The standard InChI is InChI=1S/C29H27N7O2/c1-19-7-8-21(33-29(19)30)6-5-11-36(23-12-24(37-3)15-25(13-23)38-4)22-9-10-26-27(14-22)34-28(17-31-26)20-16-32-35(2)18-20/h7-10,12-18H,11H2,1-4H3,(H2,30,33). The molecule has 2 aromatic carbocycles. The van der Waals surface area contributed by atoms with Crippen LogP contribution in [0.1, 0.15) is 11.3 Å². The van der Waals surface area contributed by atoms with E-state index in [2.05, 4.69) is 31.8 Å². The van der Waals surface area contributed by atoms with E-state index in [1.807, 2.05) is 68.7 Å². The summed E-state index contributed by atoms with van der Waals surface area (Å²) in [6, 6.07) is 15.4. The van der Waals surface area contributed by atoms with Gasteiger partial charge in [-0.2, -0.15) is 5.10 Å². The van der Waals surface area contributed by atoms with E-state index < -0.39 is 0 Å². The predicted molar refractivity (Wildman–Crippen MR) is 149 cm³/mol. The number of pyridine rings is 1. The first-order valence-corrected chi connectivity index (χ1v) is 11.9. The Labute approximate surface area is 220 Å². The SMILES string of the molecule is COc1cc(OC)cc(N(CC#Cc2ccc(C)c(N)n2)c2ccc3ncc(-c4cnn(C)c4)nc3c2)c1. The molecule has 0 atom stereocenters. The van der Waals surface area contributed by atoms with E-state index in [1.165, 1.54) is 0 Å². The highest BCUT2D eigenvalue weighted by Gasteiger charge is 2.14. The Morgan fingerprint density at radius 3 is 2.39 bits per heavy atom. The average molecular weight is 506 g/mol. The number of hydrogen-bond acceptors (Lipinski definition) is 8. The van der Waals surface area contributed by atoms with Gasteiger partial charge in [0.1, 0.15) is 23.0 Å². The molecule has 9 heteroatoms. The molecule has 3 heterocycles. The maximum absolute atomic E-state index is 5.97. The fourth-order valence-electron chi connectivity index (χ4n) is 3.96. The summed E-state index contributed by atoms with van der Waals surface area (Å²) in [6.07, 6.45) is 5.45. The van der Waals surface area contributed by atoms with Crippen LogP contribution in [0.5, 0.6) is 11.5 Å². The smallest absolute Gasteiger partial charge is 0.127 e. The second-order valence-corrected chi connectivity index (χ2v) is 8.69. The molecule has 0 bridgehead atoms. The molecule has 0 aliphatic rings. The third-order valence-corrected chi connectivity index (χ3v) is 6.08. The normalized spacial score (nSPS) is 10.6. The summed E-state index contributed by atoms with van der Waals surface area (Å²) in [4.78, 5) is 15.9. The monoisotopic (exact) mass is 505 g/mol. The van der Waals surface area contributed by atoms with E-state index in [0.29, 0.717) is 29.6 Å². The second-order valence-electron chi connectivity index (χ2n) is 8.69. The maximum Gasteiger partial charge on any atom is 0.127 e. The van der Waals surface area contributed by atoms with Crippen LogP contribution in [0.3, 0.4) is 0 Å². The van der Waals surface area contributed by atoms with Gasteiger partial charge in [-0.15, -0.1) is 0 Å². The Morgan fingerprint density at radius 2 is 1.71 bits per heavy atom. The van der Waals surface area contributed by atoms with Crippen LogP contribution in [-0.2, 0) is 7.05 Å². The van der Waals surface area contributed by atoms with Crippen molar-refractivity contribution in [3.63, 3.8) is 0 Å². The van der Waals surface area contributed by atoms with Gasteiger partial charge in [-0.05, 0) is 42.7 Å². The van der Waals surface area contributed by atoms with Crippen molar-refractivity contribution in [3.05, 3.63) is 78.4 Å². The number of rotatable bonds is 6. The zero-order valence-electron chi connectivity index (χ0n) is 21.6. The van der Waals surface area contributed by atoms with E-state index in [-0.39, 0.29) is 0 Å². The molecule has 2 N–H and O–H groups in total.